The standard InChI is InChI=1S/C43H40F4N2O6/c1-42(2,3)54-40(51)48-29-16-12-25(13-17-29)33(26-14-18-30(19-15-26)49-41(52)55-43(4,5)6)24-53-39(50)32-21-20-31(28-22-34(44)38(47)35(45)23-28)37(46)36(32)27-10-8-7-9-11-27/h7-23,33H,24H2,1-6H3,(H,48,51)(H,49,52). The maximum Gasteiger partial charge on any atom is 0.412 e. The lowest BCUT2D eigenvalue weighted by atomic mass is 9.91. The fraction of sp³-hybridized carbons (Fsp3) is 0.233. The highest BCUT2D eigenvalue weighted by atomic mass is 19.2. The molecule has 5 aromatic rings. The first kappa shape index (κ1) is 40.0. The van der Waals surface area contributed by atoms with Gasteiger partial charge in [0.05, 0.1) is 5.56 Å². The third-order valence-electron chi connectivity index (χ3n) is 8.02. The summed E-state index contributed by atoms with van der Waals surface area (Å²) in [5, 5.41) is 5.35. The third-order valence-corrected chi connectivity index (χ3v) is 8.02. The van der Waals surface area contributed by atoms with Crippen LogP contribution in [0, 0.1) is 23.3 Å². The number of hydrogen-bond acceptors (Lipinski definition) is 6. The Balaban J connectivity index is 1.47. The summed E-state index contributed by atoms with van der Waals surface area (Å²) in [5.74, 6) is -7.13. The molecule has 2 N–H and O–H groups in total. The highest BCUT2D eigenvalue weighted by Crippen LogP contribution is 2.36. The van der Waals surface area contributed by atoms with Crippen molar-refractivity contribution in [3.8, 4) is 22.3 Å². The van der Waals surface area contributed by atoms with E-state index >= 15 is 4.39 Å². The predicted octanol–water partition coefficient (Wildman–Crippen LogP) is 11.3. The lowest BCUT2D eigenvalue weighted by Crippen LogP contribution is -2.27. The van der Waals surface area contributed by atoms with Crippen molar-refractivity contribution in [1.82, 2.24) is 0 Å². The molecule has 0 radical (unpaired) electrons. The second-order valence-electron chi connectivity index (χ2n) is 14.6. The van der Waals surface area contributed by atoms with Crippen LogP contribution in [0.25, 0.3) is 22.3 Å². The summed E-state index contributed by atoms with van der Waals surface area (Å²) in [6.45, 7) is 10.2. The Morgan fingerprint density at radius 1 is 0.600 bits per heavy atom. The Bertz CT molecular complexity index is 2080. The molecule has 0 heterocycles. The van der Waals surface area contributed by atoms with E-state index in [1.54, 1.807) is 120 Å². The van der Waals surface area contributed by atoms with Gasteiger partial charge in [0.1, 0.15) is 23.6 Å². The van der Waals surface area contributed by atoms with Crippen LogP contribution in [-0.4, -0.2) is 36.0 Å². The van der Waals surface area contributed by atoms with Crippen molar-refractivity contribution in [3.05, 3.63) is 143 Å². The topological polar surface area (TPSA) is 103 Å². The van der Waals surface area contributed by atoms with Crippen LogP contribution >= 0.6 is 0 Å². The number of carbonyl (C=O) groups excluding carboxylic acids is 3. The molecule has 55 heavy (non-hydrogen) atoms. The first-order valence-corrected chi connectivity index (χ1v) is 17.3. The highest BCUT2D eigenvalue weighted by molar-refractivity contribution is 5.99. The monoisotopic (exact) mass is 756 g/mol. The van der Waals surface area contributed by atoms with Gasteiger partial charge >= 0.3 is 18.2 Å². The van der Waals surface area contributed by atoms with Crippen molar-refractivity contribution < 1.29 is 46.2 Å². The lowest BCUT2D eigenvalue weighted by molar-refractivity contribution is 0.0491. The Kier molecular flexibility index (Phi) is 12.0. The van der Waals surface area contributed by atoms with Crippen LogP contribution in [0.1, 0.15) is 68.9 Å². The van der Waals surface area contributed by atoms with Crippen LogP contribution in [0.3, 0.4) is 0 Å². The molecule has 5 rings (SSSR count). The second kappa shape index (κ2) is 16.5. The zero-order valence-electron chi connectivity index (χ0n) is 31.1. The van der Waals surface area contributed by atoms with Crippen molar-refractivity contribution >= 4 is 29.5 Å². The van der Waals surface area contributed by atoms with E-state index in [-0.39, 0.29) is 34.4 Å². The quantitative estimate of drug-likeness (QED) is 0.0672. The molecule has 2 amide bonds. The maximum absolute atomic E-state index is 16.4. The van der Waals surface area contributed by atoms with E-state index in [0.717, 1.165) is 0 Å². The van der Waals surface area contributed by atoms with Crippen LogP contribution in [-0.2, 0) is 14.2 Å². The van der Waals surface area contributed by atoms with Crippen molar-refractivity contribution in [3.63, 3.8) is 0 Å². The fourth-order valence-corrected chi connectivity index (χ4v) is 5.63. The van der Waals surface area contributed by atoms with Gasteiger partial charge in [0.25, 0.3) is 0 Å². The molecule has 0 fully saturated rings. The van der Waals surface area contributed by atoms with E-state index in [1.807, 2.05) is 0 Å². The normalized spacial score (nSPS) is 11.5. The van der Waals surface area contributed by atoms with Gasteiger partial charge in [-0.1, -0.05) is 60.7 Å². The van der Waals surface area contributed by atoms with Crippen LogP contribution < -0.4 is 10.6 Å². The number of nitrogens with one attached hydrogen (secondary N) is 2. The minimum absolute atomic E-state index is 0.164. The summed E-state index contributed by atoms with van der Waals surface area (Å²) in [7, 11) is 0. The van der Waals surface area contributed by atoms with Crippen molar-refractivity contribution in [2.45, 2.75) is 58.7 Å². The Morgan fingerprint density at radius 2 is 1.07 bits per heavy atom. The van der Waals surface area contributed by atoms with Gasteiger partial charge in [0.15, 0.2) is 17.5 Å². The Morgan fingerprint density at radius 3 is 1.53 bits per heavy atom. The number of ether oxygens (including phenoxy) is 3. The molecule has 0 saturated carbocycles. The smallest absolute Gasteiger partial charge is 0.412 e. The van der Waals surface area contributed by atoms with Gasteiger partial charge in [-0.3, -0.25) is 10.6 Å². The van der Waals surface area contributed by atoms with Crippen LogP contribution in [0.5, 0.6) is 0 Å². The number of carbonyl (C=O) groups is 3. The summed E-state index contributed by atoms with van der Waals surface area (Å²) in [5.41, 5.74) is 0.280. The van der Waals surface area contributed by atoms with Crippen LogP contribution in [0.4, 0.5) is 38.5 Å². The summed E-state index contributed by atoms with van der Waals surface area (Å²) in [6, 6.07) is 25.5. The number of hydrogen-bond donors (Lipinski definition) is 2. The molecule has 0 spiro atoms. The molecule has 5 aromatic carbocycles. The molecule has 0 aliphatic rings. The highest BCUT2D eigenvalue weighted by Gasteiger charge is 2.25. The number of esters is 1. The molecular weight excluding hydrogens is 716 g/mol. The van der Waals surface area contributed by atoms with Crippen LogP contribution in [0.2, 0.25) is 0 Å². The van der Waals surface area contributed by atoms with Crippen molar-refractivity contribution in [2.24, 2.45) is 0 Å². The summed E-state index contributed by atoms with van der Waals surface area (Å²) in [4.78, 5) is 38.6. The van der Waals surface area contributed by atoms with E-state index in [4.69, 9.17) is 14.2 Å². The van der Waals surface area contributed by atoms with Gasteiger partial charge in [0.2, 0.25) is 0 Å². The SMILES string of the molecule is CC(C)(C)OC(=O)Nc1ccc(C(COC(=O)c2ccc(-c3cc(F)c(F)c(F)c3)c(F)c2-c2ccccc2)c2ccc(NC(=O)OC(C)(C)C)cc2)cc1. The maximum atomic E-state index is 16.4. The molecule has 0 aliphatic heterocycles. The zero-order chi connectivity index (χ0) is 40.1. The molecule has 286 valence electrons. The minimum atomic E-state index is -1.69. The van der Waals surface area contributed by atoms with Crippen LogP contribution in [0.15, 0.2) is 103 Å². The van der Waals surface area contributed by atoms with E-state index in [9.17, 15) is 27.6 Å². The third kappa shape index (κ3) is 10.5. The predicted molar refractivity (Wildman–Crippen MR) is 202 cm³/mol. The average molecular weight is 757 g/mol. The van der Waals surface area contributed by atoms with Crippen molar-refractivity contribution in [2.75, 3.05) is 17.2 Å². The first-order valence-electron chi connectivity index (χ1n) is 17.3. The summed E-state index contributed by atoms with van der Waals surface area (Å²) < 4.78 is 75.0. The van der Waals surface area contributed by atoms with Gasteiger partial charge in [-0.15, -0.1) is 0 Å². The molecule has 8 nitrogen and oxygen atoms in total. The number of rotatable bonds is 9. The molecule has 12 heteroatoms. The lowest BCUT2D eigenvalue weighted by Gasteiger charge is -2.22. The number of anilines is 2. The van der Waals surface area contributed by atoms with Gasteiger partial charge in [-0.2, -0.15) is 0 Å². The van der Waals surface area contributed by atoms with E-state index in [2.05, 4.69) is 10.6 Å². The number of amides is 2. The molecule has 0 atom stereocenters. The molecule has 0 unspecified atom stereocenters. The largest absolute Gasteiger partial charge is 0.461 e. The fourth-order valence-electron chi connectivity index (χ4n) is 5.63. The number of benzene rings is 5. The summed E-state index contributed by atoms with van der Waals surface area (Å²) >= 11 is 0. The van der Waals surface area contributed by atoms with E-state index < -0.39 is 58.5 Å². The van der Waals surface area contributed by atoms with E-state index in [1.165, 1.54) is 12.1 Å². The Labute approximate surface area is 316 Å². The zero-order valence-corrected chi connectivity index (χ0v) is 31.1. The molecule has 0 aromatic heterocycles. The molecular formula is C43H40F4N2O6. The number of halogens is 4. The van der Waals surface area contributed by atoms with Gasteiger partial charge < -0.3 is 14.2 Å². The van der Waals surface area contributed by atoms with Crippen molar-refractivity contribution in [1.29, 1.82) is 0 Å². The Hall–Kier alpha value is -6.17. The molecule has 0 saturated heterocycles. The molecule has 0 aliphatic carbocycles. The molecule has 0 bridgehead atoms. The second-order valence-corrected chi connectivity index (χ2v) is 14.6. The van der Waals surface area contributed by atoms with Gasteiger partial charge in [-0.05, 0) is 106 Å². The minimum Gasteiger partial charge on any atom is -0.461 e. The first-order chi connectivity index (χ1) is 25.9. The van der Waals surface area contributed by atoms with Gasteiger partial charge in [-0.25, -0.2) is 31.9 Å². The average Bonchev–Trinajstić information content (AvgIpc) is 3.10. The summed E-state index contributed by atoms with van der Waals surface area (Å²) in [6.07, 6.45) is -1.28. The van der Waals surface area contributed by atoms with Gasteiger partial charge in [0, 0.05) is 28.4 Å². The van der Waals surface area contributed by atoms with E-state index in [0.29, 0.717) is 34.6 Å².